The molecule has 0 heterocycles. The highest BCUT2D eigenvalue weighted by Gasteiger charge is 1.87. The summed E-state index contributed by atoms with van der Waals surface area (Å²) in [7, 11) is 4.23. The monoisotopic (exact) mass is 138 g/mol. The summed E-state index contributed by atoms with van der Waals surface area (Å²) in [5.74, 6) is 0. The molecule has 0 aromatic heterocycles. The van der Waals surface area contributed by atoms with Crippen LogP contribution in [0.1, 0.15) is 6.42 Å². The molecule has 10 heavy (non-hydrogen) atoms. The average Bonchev–Trinajstić information content (AvgIpc) is 1.97. The van der Waals surface area contributed by atoms with Crippen molar-refractivity contribution in [2.45, 2.75) is 19.6 Å². The molecule has 56 valence electrons. The fraction of sp³-hybridized carbons (Fsp3) is 1.00. The summed E-state index contributed by atoms with van der Waals surface area (Å²) in [6, 6.07) is 0. The van der Waals surface area contributed by atoms with E-state index in [1.807, 2.05) is 0 Å². The van der Waals surface area contributed by atoms with Crippen LogP contribution in [0.4, 0.5) is 0 Å². The molecule has 0 aromatic carbocycles. The lowest BCUT2D eigenvalue weighted by Crippen LogP contribution is -2.20. The first-order valence-electron chi connectivity index (χ1n) is 3.92. The summed E-state index contributed by atoms with van der Waals surface area (Å²) in [6.45, 7) is 3.15. The van der Waals surface area contributed by atoms with Crippen LogP contribution in [-0.4, -0.2) is 34.0 Å². The zero-order valence-corrected chi connectivity index (χ0v) is 6.77. The lowest BCUT2D eigenvalue weighted by molar-refractivity contribution is 0.747. The molecule has 2 radical (unpaired) electrons. The summed E-state index contributed by atoms with van der Waals surface area (Å²) < 4.78 is 0. The number of rotatable bonds is 7. The summed E-state index contributed by atoms with van der Waals surface area (Å²) in [5, 5.41) is 3.28. The molecule has 0 atom stereocenters. The minimum absolute atomic E-state index is 0.708. The standard InChI is InChI=1S/C6H16B2N2/c1-7-6-10-4-2-3-8-5-9/h10H,2-6,9H2,1H3. The van der Waals surface area contributed by atoms with Gasteiger partial charge in [0.05, 0.1) is 0 Å². The third-order valence-corrected chi connectivity index (χ3v) is 1.28. The van der Waals surface area contributed by atoms with Crippen molar-refractivity contribution in [3.05, 3.63) is 0 Å². The van der Waals surface area contributed by atoms with Gasteiger partial charge in [-0.15, -0.1) is 0 Å². The van der Waals surface area contributed by atoms with Gasteiger partial charge in [0.25, 0.3) is 0 Å². The Bertz CT molecular complexity index is 53.7. The van der Waals surface area contributed by atoms with Crippen LogP contribution < -0.4 is 11.1 Å². The van der Waals surface area contributed by atoms with Gasteiger partial charge < -0.3 is 11.1 Å². The lowest BCUT2D eigenvalue weighted by atomic mass is 9.74. The van der Waals surface area contributed by atoms with Crippen LogP contribution in [0.15, 0.2) is 0 Å². The molecule has 4 heteroatoms. The van der Waals surface area contributed by atoms with Gasteiger partial charge in [-0.3, -0.25) is 0 Å². The van der Waals surface area contributed by atoms with E-state index in [2.05, 4.69) is 26.7 Å². The van der Waals surface area contributed by atoms with E-state index in [1.54, 1.807) is 0 Å². The Morgan fingerprint density at radius 3 is 2.90 bits per heavy atom. The molecule has 0 spiro atoms. The van der Waals surface area contributed by atoms with Crippen molar-refractivity contribution in [2.24, 2.45) is 5.73 Å². The largest absolute Gasteiger partial charge is 0.338 e. The van der Waals surface area contributed by atoms with E-state index >= 15 is 0 Å². The van der Waals surface area contributed by atoms with Crippen LogP contribution in [0.3, 0.4) is 0 Å². The first-order chi connectivity index (χ1) is 4.91. The van der Waals surface area contributed by atoms with Crippen LogP contribution in [0.2, 0.25) is 13.1 Å². The van der Waals surface area contributed by atoms with E-state index < -0.39 is 0 Å². The zero-order chi connectivity index (χ0) is 7.66. The highest BCUT2D eigenvalue weighted by molar-refractivity contribution is 6.35. The Morgan fingerprint density at radius 1 is 1.50 bits per heavy atom. The second kappa shape index (κ2) is 9.05. The first kappa shape index (κ1) is 10.0. The topological polar surface area (TPSA) is 38.0 Å². The molecule has 0 saturated carbocycles. The average molecular weight is 138 g/mol. The minimum atomic E-state index is 0.708. The molecule has 0 aliphatic heterocycles. The second-order valence-corrected chi connectivity index (χ2v) is 2.28. The summed E-state index contributed by atoms with van der Waals surface area (Å²) in [6.07, 6.45) is 4.06. The van der Waals surface area contributed by atoms with Crippen molar-refractivity contribution < 1.29 is 0 Å². The van der Waals surface area contributed by atoms with Crippen molar-refractivity contribution in [2.75, 3.05) is 19.4 Å². The highest BCUT2D eigenvalue weighted by Crippen LogP contribution is 1.83. The molecule has 0 aliphatic rings. The second-order valence-electron chi connectivity index (χ2n) is 2.28. The number of hydrogen-bond acceptors (Lipinski definition) is 2. The Hall–Kier alpha value is 0.0499. The lowest BCUT2D eigenvalue weighted by Gasteiger charge is -1.99. The first-order valence-corrected chi connectivity index (χ1v) is 3.92. The SMILES string of the molecule is C[B]CNCCC[B]CN. The van der Waals surface area contributed by atoms with Crippen molar-refractivity contribution in [1.82, 2.24) is 5.32 Å². The summed E-state index contributed by atoms with van der Waals surface area (Å²) in [4.78, 5) is 0. The Morgan fingerprint density at radius 2 is 2.30 bits per heavy atom. The molecular weight excluding hydrogens is 122 g/mol. The van der Waals surface area contributed by atoms with Gasteiger partial charge in [0.15, 0.2) is 0 Å². The minimum Gasteiger partial charge on any atom is -0.338 e. The smallest absolute Gasteiger partial charge is 0.128 e. The third-order valence-electron chi connectivity index (χ3n) is 1.28. The molecule has 0 bridgehead atoms. The molecule has 0 aromatic rings. The van der Waals surface area contributed by atoms with E-state index in [4.69, 9.17) is 5.73 Å². The van der Waals surface area contributed by atoms with Crippen LogP contribution in [-0.2, 0) is 0 Å². The predicted molar refractivity (Wildman–Crippen MR) is 48.7 cm³/mol. The molecule has 0 aliphatic carbocycles. The van der Waals surface area contributed by atoms with Crippen LogP contribution >= 0.6 is 0 Å². The maximum atomic E-state index is 5.29. The molecule has 0 rings (SSSR count). The number of nitrogens with two attached hydrogens (primary N) is 1. The van der Waals surface area contributed by atoms with Gasteiger partial charge in [-0.25, -0.2) is 0 Å². The normalized spacial score (nSPS) is 9.40. The quantitative estimate of drug-likeness (QED) is 0.374. The van der Waals surface area contributed by atoms with Gasteiger partial charge in [-0.2, -0.15) is 0 Å². The van der Waals surface area contributed by atoms with Gasteiger partial charge in [0, 0.05) is 0 Å². The predicted octanol–water partition coefficient (Wildman–Crippen LogP) is -0.285. The highest BCUT2D eigenvalue weighted by atomic mass is 14.8. The van der Waals surface area contributed by atoms with Crippen molar-refractivity contribution >= 4 is 14.6 Å². The molecule has 0 amide bonds. The molecular formula is C6H16B2N2. The Balaban J connectivity index is 2.65. The van der Waals surface area contributed by atoms with Gasteiger partial charge in [0.2, 0.25) is 0 Å². The van der Waals surface area contributed by atoms with Crippen molar-refractivity contribution in [3.63, 3.8) is 0 Å². The molecule has 3 N–H and O–H groups in total. The van der Waals surface area contributed by atoms with E-state index in [-0.39, 0.29) is 0 Å². The van der Waals surface area contributed by atoms with E-state index in [9.17, 15) is 0 Å². The maximum absolute atomic E-state index is 5.29. The van der Waals surface area contributed by atoms with Gasteiger partial charge in [-0.1, -0.05) is 13.1 Å². The van der Waals surface area contributed by atoms with Crippen molar-refractivity contribution in [3.8, 4) is 0 Å². The van der Waals surface area contributed by atoms with Gasteiger partial charge >= 0.3 is 0 Å². The van der Waals surface area contributed by atoms with Crippen molar-refractivity contribution in [1.29, 1.82) is 0 Å². The maximum Gasteiger partial charge on any atom is 0.128 e. The summed E-state index contributed by atoms with van der Waals surface area (Å²) in [5.41, 5.74) is 5.29. The van der Waals surface area contributed by atoms with Gasteiger partial charge in [0.1, 0.15) is 14.6 Å². The van der Waals surface area contributed by atoms with Crippen LogP contribution in [0.25, 0.3) is 0 Å². The molecule has 0 unspecified atom stereocenters. The van der Waals surface area contributed by atoms with E-state index in [1.165, 1.54) is 6.42 Å². The zero-order valence-electron chi connectivity index (χ0n) is 6.77. The van der Waals surface area contributed by atoms with E-state index in [0.717, 1.165) is 19.3 Å². The fourth-order valence-corrected chi connectivity index (χ4v) is 0.736. The van der Waals surface area contributed by atoms with Crippen LogP contribution in [0.5, 0.6) is 0 Å². The van der Waals surface area contributed by atoms with Crippen LogP contribution in [0, 0.1) is 0 Å². The van der Waals surface area contributed by atoms with Gasteiger partial charge in [-0.05, 0) is 25.9 Å². The number of nitrogens with one attached hydrogen (secondary N) is 1. The Kier molecular flexibility index (Phi) is 9.10. The molecule has 0 saturated heterocycles. The number of hydrogen-bond donors (Lipinski definition) is 2. The molecule has 0 fully saturated rings. The van der Waals surface area contributed by atoms with E-state index in [0.29, 0.717) is 6.44 Å². The summed E-state index contributed by atoms with van der Waals surface area (Å²) >= 11 is 0. The Labute approximate surface area is 65.4 Å². The fourth-order valence-electron chi connectivity index (χ4n) is 0.736. The third kappa shape index (κ3) is 8.05. The molecule has 2 nitrogen and oxygen atoms in total.